The molecule has 0 bridgehead atoms. The van der Waals surface area contributed by atoms with Crippen molar-refractivity contribution in [3.63, 3.8) is 0 Å². The molecule has 1 aromatic heterocycles. The van der Waals surface area contributed by atoms with Gasteiger partial charge in [0, 0.05) is 26.5 Å². The van der Waals surface area contributed by atoms with E-state index in [2.05, 4.69) is 34.2 Å². The van der Waals surface area contributed by atoms with Crippen molar-refractivity contribution in [2.45, 2.75) is 20.4 Å². The minimum Gasteiger partial charge on any atom is -0.462 e. The zero-order valence-electron chi connectivity index (χ0n) is 11.4. The molecule has 0 unspecified atom stereocenters. The van der Waals surface area contributed by atoms with Gasteiger partial charge in [-0.05, 0) is 48.0 Å². The van der Waals surface area contributed by atoms with E-state index in [4.69, 9.17) is 4.74 Å². The summed E-state index contributed by atoms with van der Waals surface area (Å²) in [7, 11) is 0. The number of carbonyl (C=O) groups excluding carboxylic acids is 1. The van der Waals surface area contributed by atoms with E-state index in [0.717, 1.165) is 10.2 Å². The lowest BCUT2D eigenvalue weighted by Crippen LogP contribution is -2.09. The van der Waals surface area contributed by atoms with Crippen molar-refractivity contribution in [2.24, 2.45) is 0 Å². The fraction of sp³-hybridized carbons (Fsp3) is 0.267. The number of benzene rings is 1. The Morgan fingerprint density at radius 2 is 2.15 bits per heavy atom. The van der Waals surface area contributed by atoms with Crippen LogP contribution in [-0.4, -0.2) is 12.6 Å². The number of hydrogen-bond donors (Lipinski definition) is 1. The smallest absolute Gasteiger partial charge is 0.340 e. The van der Waals surface area contributed by atoms with Crippen LogP contribution in [0.1, 0.15) is 27.0 Å². The van der Waals surface area contributed by atoms with E-state index in [9.17, 15) is 4.79 Å². The topological polar surface area (TPSA) is 38.3 Å². The average molecular weight is 354 g/mol. The Labute approximate surface area is 131 Å². The lowest BCUT2D eigenvalue weighted by Gasteiger charge is -2.10. The van der Waals surface area contributed by atoms with E-state index in [-0.39, 0.29) is 5.97 Å². The number of rotatable bonds is 5. The number of hydrogen-bond acceptors (Lipinski definition) is 4. The van der Waals surface area contributed by atoms with Crippen molar-refractivity contribution in [3.8, 4) is 0 Å². The SMILES string of the molecule is CCOC(=O)c1ccccc1NCc1cc(Br)c(C)s1. The Kier molecular flexibility index (Phi) is 5.20. The molecule has 0 atom stereocenters. The zero-order valence-corrected chi connectivity index (χ0v) is 13.8. The van der Waals surface area contributed by atoms with Crippen LogP contribution in [0.4, 0.5) is 5.69 Å². The largest absolute Gasteiger partial charge is 0.462 e. The highest BCUT2D eigenvalue weighted by Gasteiger charge is 2.12. The van der Waals surface area contributed by atoms with Crippen molar-refractivity contribution in [3.05, 3.63) is 50.1 Å². The maximum atomic E-state index is 11.9. The molecule has 106 valence electrons. The summed E-state index contributed by atoms with van der Waals surface area (Å²) < 4.78 is 6.18. The summed E-state index contributed by atoms with van der Waals surface area (Å²) in [6.07, 6.45) is 0. The molecular formula is C15H16BrNO2S. The van der Waals surface area contributed by atoms with Gasteiger partial charge in [-0.3, -0.25) is 0 Å². The van der Waals surface area contributed by atoms with Crippen LogP contribution in [0.25, 0.3) is 0 Å². The van der Waals surface area contributed by atoms with Crippen molar-refractivity contribution < 1.29 is 9.53 Å². The van der Waals surface area contributed by atoms with Gasteiger partial charge in [-0.1, -0.05) is 12.1 Å². The van der Waals surface area contributed by atoms with Crippen LogP contribution in [0.5, 0.6) is 0 Å². The second-order valence-corrected chi connectivity index (χ2v) is 6.43. The highest BCUT2D eigenvalue weighted by Crippen LogP contribution is 2.27. The summed E-state index contributed by atoms with van der Waals surface area (Å²) in [4.78, 5) is 14.3. The average Bonchev–Trinajstić information content (AvgIpc) is 2.76. The van der Waals surface area contributed by atoms with Crippen LogP contribution >= 0.6 is 27.3 Å². The minimum absolute atomic E-state index is 0.292. The highest BCUT2D eigenvalue weighted by atomic mass is 79.9. The maximum absolute atomic E-state index is 11.9. The first-order valence-electron chi connectivity index (χ1n) is 6.36. The highest BCUT2D eigenvalue weighted by molar-refractivity contribution is 9.10. The molecular weight excluding hydrogens is 338 g/mol. The lowest BCUT2D eigenvalue weighted by atomic mass is 10.2. The second kappa shape index (κ2) is 6.90. The number of para-hydroxylation sites is 1. The number of thiophene rings is 1. The van der Waals surface area contributed by atoms with Gasteiger partial charge in [0.25, 0.3) is 0 Å². The van der Waals surface area contributed by atoms with Crippen molar-refractivity contribution in [2.75, 3.05) is 11.9 Å². The van der Waals surface area contributed by atoms with E-state index in [1.807, 2.05) is 18.2 Å². The van der Waals surface area contributed by atoms with Crippen LogP contribution in [0, 0.1) is 6.92 Å². The minimum atomic E-state index is -0.292. The molecule has 0 spiro atoms. The molecule has 3 nitrogen and oxygen atoms in total. The molecule has 0 radical (unpaired) electrons. The molecule has 0 amide bonds. The maximum Gasteiger partial charge on any atom is 0.340 e. The first-order valence-corrected chi connectivity index (χ1v) is 7.97. The normalized spacial score (nSPS) is 10.3. The third kappa shape index (κ3) is 3.61. The Balaban J connectivity index is 2.11. The van der Waals surface area contributed by atoms with Crippen LogP contribution in [0.3, 0.4) is 0 Å². The number of nitrogens with one attached hydrogen (secondary N) is 1. The Hall–Kier alpha value is -1.33. The Bertz CT molecular complexity index is 590. The van der Waals surface area contributed by atoms with Gasteiger partial charge in [-0.15, -0.1) is 11.3 Å². The van der Waals surface area contributed by atoms with Gasteiger partial charge >= 0.3 is 5.97 Å². The predicted molar refractivity (Wildman–Crippen MR) is 86.5 cm³/mol. The van der Waals surface area contributed by atoms with E-state index in [0.29, 0.717) is 18.7 Å². The van der Waals surface area contributed by atoms with Gasteiger partial charge in [0.2, 0.25) is 0 Å². The molecule has 2 aromatic rings. The fourth-order valence-electron chi connectivity index (χ4n) is 1.81. The van der Waals surface area contributed by atoms with Crippen molar-refractivity contribution >= 4 is 38.9 Å². The third-order valence-electron chi connectivity index (χ3n) is 2.78. The van der Waals surface area contributed by atoms with E-state index < -0.39 is 0 Å². The summed E-state index contributed by atoms with van der Waals surface area (Å²) in [5.41, 5.74) is 1.37. The molecule has 0 aliphatic carbocycles. The molecule has 0 aliphatic rings. The summed E-state index contributed by atoms with van der Waals surface area (Å²) >= 11 is 5.24. The van der Waals surface area contributed by atoms with Gasteiger partial charge in [0.1, 0.15) is 0 Å². The number of halogens is 1. The molecule has 20 heavy (non-hydrogen) atoms. The fourth-order valence-corrected chi connectivity index (χ4v) is 3.35. The standard InChI is InChI=1S/C15H16BrNO2S/c1-3-19-15(18)12-6-4-5-7-14(12)17-9-11-8-13(16)10(2)20-11/h4-8,17H,3,9H2,1-2H3. The van der Waals surface area contributed by atoms with E-state index >= 15 is 0 Å². The van der Waals surface area contributed by atoms with E-state index in [1.165, 1.54) is 9.75 Å². The second-order valence-electron chi connectivity index (χ2n) is 4.24. The van der Waals surface area contributed by atoms with Gasteiger partial charge in [-0.25, -0.2) is 4.79 Å². The van der Waals surface area contributed by atoms with Crippen molar-refractivity contribution in [1.82, 2.24) is 0 Å². The van der Waals surface area contributed by atoms with Crippen LogP contribution in [-0.2, 0) is 11.3 Å². The molecule has 2 rings (SSSR count). The molecule has 0 saturated heterocycles. The van der Waals surface area contributed by atoms with Crippen LogP contribution < -0.4 is 5.32 Å². The summed E-state index contributed by atoms with van der Waals surface area (Å²) in [5, 5.41) is 3.30. The van der Waals surface area contributed by atoms with Gasteiger partial charge in [0.15, 0.2) is 0 Å². The predicted octanol–water partition coefficient (Wildman–Crippen LogP) is 4.61. The molecule has 0 aliphatic heterocycles. The number of carbonyl (C=O) groups is 1. The number of ether oxygens (including phenoxy) is 1. The van der Waals surface area contributed by atoms with Gasteiger partial charge < -0.3 is 10.1 Å². The molecule has 1 aromatic carbocycles. The summed E-state index contributed by atoms with van der Waals surface area (Å²) in [5.74, 6) is -0.292. The molecule has 0 fully saturated rings. The van der Waals surface area contributed by atoms with Gasteiger partial charge in [-0.2, -0.15) is 0 Å². The van der Waals surface area contributed by atoms with Crippen LogP contribution in [0.15, 0.2) is 34.8 Å². The summed E-state index contributed by atoms with van der Waals surface area (Å²) in [6, 6.07) is 9.50. The van der Waals surface area contributed by atoms with Gasteiger partial charge in [0.05, 0.1) is 12.2 Å². The molecule has 1 heterocycles. The molecule has 1 N–H and O–H groups in total. The first-order chi connectivity index (χ1) is 9.61. The zero-order chi connectivity index (χ0) is 14.5. The molecule has 5 heteroatoms. The molecule has 0 saturated carbocycles. The first kappa shape index (κ1) is 15.1. The van der Waals surface area contributed by atoms with Crippen molar-refractivity contribution in [1.29, 1.82) is 0 Å². The summed E-state index contributed by atoms with van der Waals surface area (Å²) in [6.45, 7) is 4.95. The number of esters is 1. The number of anilines is 1. The third-order valence-corrected chi connectivity index (χ3v) is 4.92. The monoisotopic (exact) mass is 353 g/mol. The number of aryl methyl sites for hydroxylation is 1. The van der Waals surface area contributed by atoms with E-state index in [1.54, 1.807) is 24.3 Å². The lowest BCUT2D eigenvalue weighted by molar-refractivity contribution is 0.0527. The Morgan fingerprint density at radius 1 is 1.40 bits per heavy atom. The Morgan fingerprint density at radius 3 is 2.80 bits per heavy atom. The van der Waals surface area contributed by atoms with Crippen LogP contribution in [0.2, 0.25) is 0 Å². The quantitative estimate of drug-likeness (QED) is 0.797.